The van der Waals surface area contributed by atoms with Gasteiger partial charge in [-0.3, -0.25) is 4.79 Å². The highest BCUT2D eigenvalue weighted by atomic mass is 79.9. The number of rotatable bonds is 4. The Kier molecular flexibility index (Phi) is 5.87. The van der Waals surface area contributed by atoms with Gasteiger partial charge < -0.3 is 15.0 Å². The number of morpholine rings is 1. The van der Waals surface area contributed by atoms with E-state index >= 15 is 0 Å². The Bertz CT molecular complexity index is 818. The van der Waals surface area contributed by atoms with Crippen molar-refractivity contribution in [1.29, 1.82) is 5.26 Å². The minimum absolute atomic E-state index is 0.0718. The van der Waals surface area contributed by atoms with Crippen LogP contribution < -0.4 is 10.2 Å². The van der Waals surface area contributed by atoms with E-state index in [0.29, 0.717) is 5.69 Å². The van der Waals surface area contributed by atoms with Crippen LogP contribution in [-0.4, -0.2) is 32.2 Å². The number of carbonyl (C=O) groups excluding carboxylic acids is 1. The maximum Gasteiger partial charge on any atom is 0.266 e. The molecule has 0 saturated carbocycles. The normalized spacial score (nSPS) is 14.9. The van der Waals surface area contributed by atoms with Gasteiger partial charge >= 0.3 is 0 Å². The van der Waals surface area contributed by atoms with E-state index in [1.165, 1.54) is 11.3 Å². The molecule has 25 heavy (non-hydrogen) atoms. The molecule has 2 heterocycles. The number of amides is 1. The van der Waals surface area contributed by atoms with Crippen LogP contribution in [0.3, 0.4) is 0 Å². The topological polar surface area (TPSA) is 65.4 Å². The van der Waals surface area contributed by atoms with E-state index in [0.717, 1.165) is 41.3 Å². The van der Waals surface area contributed by atoms with Crippen LogP contribution in [-0.2, 0) is 9.53 Å². The fourth-order valence-electron chi connectivity index (χ4n) is 2.49. The summed E-state index contributed by atoms with van der Waals surface area (Å²) in [5.74, 6) is -0.413. The Balaban J connectivity index is 1.67. The van der Waals surface area contributed by atoms with Crippen molar-refractivity contribution >= 4 is 50.6 Å². The van der Waals surface area contributed by atoms with Crippen LogP contribution in [0.1, 0.15) is 5.56 Å². The number of hydrogen-bond acceptors (Lipinski definition) is 5. The quantitative estimate of drug-likeness (QED) is 0.605. The molecule has 0 spiro atoms. The lowest BCUT2D eigenvalue weighted by atomic mass is 10.2. The Hall–Kier alpha value is -2.14. The summed E-state index contributed by atoms with van der Waals surface area (Å²) < 4.78 is 6.30. The van der Waals surface area contributed by atoms with Crippen LogP contribution in [0.25, 0.3) is 6.08 Å². The summed E-state index contributed by atoms with van der Waals surface area (Å²) in [7, 11) is 0. The first-order valence-corrected chi connectivity index (χ1v) is 9.43. The maximum atomic E-state index is 12.3. The van der Waals surface area contributed by atoms with Crippen LogP contribution in [0.15, 0.2) is 45.1 Å². The molecule has 128 valence electrons. The van der Waals surface area contributed by atoms with Gasteiger partial charge in [0.15, 0.2) is 0 Å². The summed E-state index contributed by atoms with van der Waals surface area (Å²) in [6.45, 7) is 3.19. The summed E-state index contributed by atoms with van der Waals surface area (Å²) in [5.41, 5.74) is 2.66. The number of hydrogen-bond donors (Lipinski definition) is 1. The van der Waals surface area contributed by atoms with Gasteiger partial charge in [0.05, 0.1) is 17.0 Å². The van der Waals surface area contributed by atoms with Crippen LogP contribution in [0, 0.1) is 11.3 Å². The Labute approximate surface area is 158 Å². The molecule has 3 rings (SSSR count). The molecule has 1 saturated heterocycles. The molecular formula is C18H16BrN3O2S. The molecule has 1 amide bonds. The fourth-order valence-corrected chi connectivity index (χ4v) is 3.62. The minimum atomic E-state index is -0.413. The van der Waals surface area contributed by atoms with Crippen LogP contribution in [0.2, 0.25) is 0 Å². The van der Waals surface area contributed by atoms with Gasteiger partial charge in [-0.1, -0.05) is 0 Å². The van der Waals surface area contributed by atoms with E-state index < -0.39 is 5.91 Å². The van der Waals surface area contributed by atoms with Crippen LogP contribution >= 0.6 is 27.3 Å². The second-order valence-electron chi connectivity index (χ2n) is 5.45. The fraction of sp³-hybridized carbons (Fsp3) is 0.222. The van der Waals surface area contributed by atoms with Crippen LogP contribution in [0.4, 0.5) is 11.4 Å². The van der Waals surface area contributed by atoms with E-state index in [-0.39, 0.29) is 5.57 Å². The van der Waals surface area contributed by atoms with Crippen molar-refractivity contribution in [2.75, 3.05) is 36.5 Å². The number of thiophene rings is 1. The highest BCUT2D eigenvalue weighted by Gasteiger charge is 2.13. The smallest absolute Gasteiger partial charge is 0.266 e. The van der Waals surface area contributed by atoms with Gasteiger partial charge in [-0.25, -0.2) is 0 Å². The second kappa shape index (κ2) is 8.30. The molecule has 1 aromatic heterocycles. The first kappa shape index (κ1) is 17.7. The number of anilines is 2. The number of nitriles is 1. The lowest BCUT2D eigenvalue weighted by molar-refractivity contribution is -0.112. The molecule has 0 atom stereocenters. The molecule has 0 bridgehead atoms. The molecule has 2 aromatic rings. The van der Waals surface area contributed by atoms with Gasteiger partial charge in [0.1, 0.15) is 11.6 Å². The van der Waals surface area contributed by atoms with Crippen molar-refractivity contribution < 1.29 is 9.53 Å². The van der Waals surface area contributed by atoms with Crippen molar-refractivity contribution in [3.63, 3.8) is 0 Å². The van der Waals surface area contributed by atoms with Crippen molar-refractivity contribution in [2.24, 2.45) is 0 Å². The lowest BCUT2D eigenvalue weighted by Gasteiger charge is -2.28. The van der Waals surface area contributed by atoms with E-state index in [1.54, 1.807) is 6.08 Å². The Morgan fingerprint density at radius 2 is 2.04 bits per heavy atom. The largest absolute Gasteiger partial charge is 0.378 e. The number of carbonyl (C=O) groups is 1. The molecule has 1 N–H and O–H groups in total. The van der Waals surface area contributed by atoms with E-state index in [1.807, 2.05) is 41.8 Å². The number of ether oxygens (including phenoxy) is 1. The highest BCUT2D eigenvalue weighted by Crippen LogP contribution is 2.23. The van der Waals surface area contributed by atoms with Gasteiger partial charge in [0.2, 0.25) is 0 Å². The first-order valence-electron chi connectivity index (χ1n) is 7.75. The van der Waals surface area contributed by atoms with E-state index in [2.05, 4.69) is 26.1 Å². The number of benzene rings is 1. The standard InChI is InChI=1S/C18H16BrN3O2S/c19-17-10-13(12-25-17)9-14(11-20)18(23)21-15-1-3-16(4-2-15)22-5-7-24-8-6-22/h1-4,9-10,12H,5-8H2,(H,21,23)/b14-9+. The minimum Gasteiger partial charge on any atom is -0.378 e. The Morgan fingerprint density at radius 3 is 2.64 bits per heavy atom. The Morgan fingerprint density at radius 1 is 1.32 bits per heavy atom. The molecule has 0 aliphatic carbocycles. The SMILES string of the molecule is N#C/C(=C\c1csc(Br)c1)C(=O)Nc1ccc(N2CCOCC2)cc1. The van der Waals surface area contributed by atoms with E-state index in [9.17, 15) is 10.1 Å². The summed E-state index contributed by atoms with van der Waals surface area (Å²) in [5, 5.41) is 13.9. The monoisotopic (exact) mass is 417 g/mol. The van der Waals surface area contributed by atoms with Crippen molar-refractivity contribution in [2.45, 2.75) is 0 Å². The van der Waals surface area contributed by atoms with Crippen molar-refractivity contribution in [3.8, 4) is 6.07 Å². The predicted octanol–water partition coefficient (Wildman–Crippen LogP) is 3.89. The highest BCUT2D eigenvalue weighted by molar-refractivity contribution is 9.11. The number of nitrogens with zero attached hydrogens (tertiary/aromatic N) is 2. The van der Waals surface area contributed by atoms with Crippen molar-refractivity contribution in [1.82, 2.24) is 0 Å². The zero-order valence-electron chi connectivity index (χ0n) is 13.4. The zero-order valence-corrected chi connectivity index (χ0v) is 15.8. The molecule has 1 aromatic carbocycles. The maximum absolute atomic E-state index is 12.3. The van der Waals surface area contributed by atoms with E-state index in [4.69, 9.17) is 4.74 Å². The molecule has 5 nitrogen and oxygen atoms in total. The van der Waals surface area contributed by atoms with Gasteiger partial charge in [0.25, 0.3) is 5.91 Å². The van der Waals surface area contributed by atoms with Gasteiger partial charge in [-0.2, -0.15) is 5.26 Å². The molecule has 1 fully saturated rings. The third-order valence-corrected chi connectivity index (χ3v) is 5.29. The number of halogens is 1. The molecule has 0 radical (unpaired) electrons. The molecule has 0 unspecified atom stereocenters. The third-order valence-electron chi connectivity index (χ3n) is 3.77. The molecular weight excluding hydrogens is 402 g/mol. The molecule has 1 aliphatic rings. The molecule has 7 heteroatoms. The second-order valence-corrected chi connectivity index (χ2v) is 7.74. The lowest BCUT2D eigenvalue weighted by Crippen LogP contribution is -2.36. The summed E-state index contributed by atoms with van der Waals surface area (Å²) in [6.07, 6.45) is 1.58. The average molecular weight is 418 g/mol. The van der Waals surface area contributed by atoms with Gasteiger partial charge in [-0.15, -0.1) is 11.3 Å². The summed E-state index contributed by atoms with van der Waals surface area (Å²) in [4.78, 5) is 14.5. The summed E-state index contributed by atoms with van der Waals surface area (Å²) in [6, 6.07) is 11.4. The third kappa shape index (κ3) is 4.69. The van der Waals surface area contributed by atoms with Gasteiger partial charge in [0, 0.05) is 24.5 Å². The predicted molar refractivity (Wildman–Crippen MR) is 104 cm³/mol. The average Bonchev–Trinajstić information content (AvgIpc) is 3.06. The number of nitrogens with one attached hydrogen (secondary N) is 1. The van der Waals surface area contributed by atoms with Gasteiger partial charge in [-0.05, 0) is 63.3 Å². The van der Waals surface area contributed by atoms with Crippen LogP contribution in [0.5, 0.6) is 0 Å². The zero-order chi connectivity index (χ0) is 17.6. The first-order chi connectivity index (χ1) is 12.2. The molecule has 1 aliphatic heterocycles. The van der Waals surface area contributed by atoms with Crippen molar-refractivity contribution in [3.05, 3.63) is 50.6 Å². The summed E-state index contributed by atoms with van der Waals surface area (Å²) >= 11 is 4.87.